The summed E-state index contributed by atoms with van der Waals surface area (Å²) in [6.45, 7) is 21.0. The highest BCUT2D eigenvalue weighted by molar-refractivity contribution is 8.00. The number of esters is 1. The number of piperidine rings is 1. The van der Waals surface area contributed by atoms with Crippen molar-refractivity contribution in [1.82, 2.24) is 10.2 Å². The fourth-order valence-electron chi connectivity index (χ4n) is 12.2. The Morgan fingerprint density at radius 3 is 2.25 bits per heavy atom. The van der Waals surface area contributed by atoms with Crippen molar-refractivity contribution in [2.24, 2.45) is 45.5 Å². The Morgan fingerprint density at radius 2 is 1.59 bits per heavy atom. The van der Waals surface area contributed by atoms with Gasteiger partial charge in [-0.3, -0.25) is 34.0 Å². The highest BCUT2D eigenvalue weighted by atomic mass is 32.2. The highest BCUT2D eigenvalue weighted by Gasteiger charge is 2.50. The number of aliphatic hydroxyl groups excluding tert-OH is 2. The maximum Gasteiger partial charge on any atom is 0.312 e. The largest absolute Gasteiger partial charge is 0.507 e. The predicted octanol–water partition coefficient (Wildman–Crippen LogP) is 6.85. The molecule has 3 saturated heterocycles. The van der Waals surface area contributed by atoms with Gasteiger partial charge in [0.1, 0.15) is 40.2 Å². The summed E-state index contributed by atoms with van der Waals surface area (Å²) < 4.78 is 24.0. The van der Waals surface area contributed by atoms with Gasteiger partial charge < -0.3 is 59.7 Å². The van der Waals surface area contributed by atoms with Gasteiger partial charge in [-0.2, -0.15) is 11.8 Å². The molecule has 444 valence electrons. The lowest BCUT2D eigenvalue weighted by Gasteiger charge is -2.38. The molecule has 1 spiro atoms. The SMILES string of the molecule is CC(=O)CCC(=O)CCCCC1SCC2CC(=O)NC21.CO[C@H]1/C=C/O[C@@]2(C)Oc3c(C)c(O)c4c(O)c(c5c(c4c3C2=O)=NC2(CCN(CC(C)C)CC2)N=5)NC(=O)/C(C)=C\C=C\[C@H](C)[C@H](O)[C@@H](C)[C@@H](O)[C@@H](C)[C@H](OC(C)=O)[C@@H]1C. The molecule has 8 rings (SSSR count). The summed E-state index contributed by atoms with van der Waals surface area (Å²) in [5.74, 6) is -4.35. The van der Waals surface area contributed by atoms with Crippen LogP contribution in [0.15, 0.2) is 46.1 Å². The minimum Gasteiger partial charge on any atom is -0.507 e. The lowest BCUT2D eigenvalue weighted by molar-refractivity contribution is -0.160. The van der Waals surface area contributed by atoms with Crippen molar-refractivity contribution in [2.75, 3.05) is 37.8 Å². The van der Waals surface area contributed by atoms with Crippen molar-refractivity contribution in [1.29, 1.82) is 0 Å². The Balaban J connectivity index is 0.000000396. The molecule has 81 heavy (non-hydrogen) atoms. The van der Waals surface area contributed by atoms with Crippen molar-refractivity contribution in [3.63, 3.8) is 0 Å². The standard InChI is InChI=1S/C46H62N4O11.C15H23NO3S/c1-22(2)21-50-18-16-46(17-19-50)48-34-31-32-39(54)28(8)42-33(31)43(56)45(10,61-42)59-20-15-30(58-11)25(5)41(60-29(9)51)27(7)38(53)26(6)37(52)23(3)13-12-14-24(4)44(57)47-36(40(32)55)35(34)49-46;1-10(17)6-7-12(18)4-2-3-5-13-15-11(9-20-13)8-14(19)16-15/h12-15,20,22-23,25-27,30,37-38,41,52-55H,16-19,21H2,1-11H3,(H,47,57);11,13,15H,2-9H2,1H3,(H,16,19)/b13-12+,20-15+,24-14-;/t23-,25+,26+,27+,30-,37-,38+,41+,45-;/m0./s1. The van der Waals surface area contributed by atoms with E-state index in [1.54, 1.807) is 65.8 Å². The number of thioether (sulfide) groups is 1. The molecule has 19 nitrogen and oxygen atoms in total. The van der Waals surface area contributed by atoms with E-state index in [1.165, 1.54) is 34.1 Å². The van der Waals surface area contributed by atoms with E-state index < -0.39 is 82.9 Å². The molecule has 0 aliphatic carbocycles. The van der Waals surface area contributed by atoms with Crippen molar-refractivity contribution in [3.8, 4) is 17.2 Å². The van der Waals surface area contributed by atoms with Crippen molar-refractivity contribution < 1.29 is 68.1 Å². The molecule has 0 saturated carbocycles. The number of nitrogens with one attached hydrogen (secondary N) is 2. The molecule has 2 amide bonds. The van der Waals surface area contributed by atoms with Crippen LogP contribution in [-0.4, -0.2) is 140 Å². The second-order valence-electron chi connectivity index (χ2n) is 23.9. The number of carbonyl (C=O) groups excluding carboxylic acids is 6. The highest BCUT2D eigenvalue weighted by Crippen LogP contribution is 2.50. The number of fused-ring (bicyclic) bond motifs is 2. The topological polar surface area (TPSA) is 272 Å². The number of rotatable bonds is 12. The summed E-state index contributed by atoms with van der Waals surface area (Å²) >= 11 is 1.97. The minimum absolute atomic E-state index is 0.0364. The molecule has 2 aromatic rings. The zero-order chi connectivity index (χ0) is 59.4. The van der Waals surface area contributed by atoms with Crippen LogP contribution in [0, 0.1) is 42.4 Å². The van der Waals surface area contributed by atoms with Crippen LogP contribution in [-0.2, 0) is 38.2 Å². The van der Waals surface area contributed by atoms with Gasteiger partial charge in [0, 0.05) is 131 Å². The third kappa shape index (κ3) is 13.9. The molecule has 12 atom stereocenters. The van der Waals surface area contributed by atoms with Gasteiger partial charge in [-0.05, 0) is 57.3 Å². The maximum atomic E-state index is 14.7. The Labute approximate surface area is 479 Å². The summed E-state index contributed by atoms with van der Waals surface area (Å²) in [5, 5.41) is 53.8. The molecule has 6 N–H and O–H groups in total. The van der Waals surface area contributed by atoms with Gasteiger partial charge in [0.2, 0.25) is 5.91 Å². The summed E-state index contributed by atoms with van der Waals surface area (Å²) in [6.07, 6.45) is 10.1. The van der Waals surface area contributed by atoms with E-state index in [0.29, 0.717) is 74.7 Å². The summed E-state index contributed by atoms with van der Waals surface area (Å²) in [6, 6.07) is 0.362. The first-order valence-corrected chi connectivity index (χ1v) is 29.7. The number of aromatic hydroxyl groups is 2. The average molecular weight is 1140 g/mol. The number of unbranched alkanes of at least 4 members (excludes halogenated alkanes) is 1. The normalized spacial score (nSPS) is 31.6. The van der Waals surface area contributed by atoms with E-state index >= 15 is 0 Å². The molecule has 3 unspecified atom stereocenters. The summed E-state index contributed by atoms with van der Waals surface area (Å²) in [5.41, 5.74) is -0.572. The fourth-order valence-corrected chi connectivity index (χ4v) is 13.9. The number of hydrogen-bond acceptors (Lipinski definition) is 18. The van der Waals surface area contributed by atoms with Crippen molar-refractivity contribution >= 4 is 63.4 Å². The number of Topliss-reactive ketones (excluding diaryl/α,β-unsaturated/α-hetero) is 3. The number of aliphatic hydroxyl groups is 2. The average Bonchev–Trinajstić information content (AvgIpc) is 3.40. The molecule has 2 aromatic carbocycles. The number of ketones is 3. The molecule has 0 aromatic heterocycles. The smallest absolute Gasteiger partial charge is 0.312 e. The molecular weight excluding hydrogens is 1060 g/mol. The molecule has 4 bridgehead atoms. The van der Waals surface area contributed by atoms with Gasteiger partial charge >= 0.3 is 11.8 Å². The summed E-state index contributed by atoms with van der Waals surface area (Å²) in [4.78, 5) is 87.4. The second kappa shape index (κ2) is 26.3. The van der Waals surface area contributed by atoms with Crippen molar-refractivity contribution in [2.45, 2.75) is 181 Å². The summed E-state index contributed by atoms with van der Waals surface area (Å²) in [7, 11) is 1.47. The monoisotopic (exact) mass is 1140 g/mol. The Kier molecular flexibility index (Phi) is 20.4. The third-order valence-corrected chi connectivity index (χ3v) is 18.6. The number of likely N-dealkylation sites (tertiary alicyclic amines) is 1. The zero-order valence-electron chi connectivity index (χ0n) is 49.1. The molecule has 6 heterocycles. The molecule has 3 fully saturated rings. The number of carbonyl (C=O) groups is 6. The second-order valence-corrected chi connectivity index (χ2v) is 25.1. The Bertz CT molecular complexity index is 2970. The van der Waals surface area contributed by atoms with Gasteiger partial charge in [-0.25, -0.2) is 0 Å². The van der Waals surface area contributed by atoms with Crippen LogP contribution in [0.5, 0.6) is 17.2 Å². The van der Waals surface area contributed by atoms with Crippen LogP contribution in [0.2, 0.25) is 0 Å². The van der Waals surface area contributed by atoms with Crippen LogP contribution in [0.4, 0.5) is 5.69 Å². The molecular formula is C61H85N5O14S. The van der Waals surface area contributed by atoms with Gasteiger partial charge in [-0.1, -0.05) is 66.2 Å². The first kappa shape index (κ1) is 62.9. The number of nitrogens with zero attached hydrogens (tertiary/aromatic N) is 3. The van der Waals surface area contributed by atoms with E-state index in [-0.39, 0.29) is 72.8 Å². The lowest BCUT2D eigenvalue weighted by atomic mass is 9.78. The number of phenols is 2. The van der Waals surface area contributed by atoms with E-state index in [4.69, 9.17) is 28.9 Å². The number of ether oxygens (including phenoxy) is 4. The van der Waals surface area contributed by atoms with E-state index in [1.807, 2.05) is 11.8 Å². The molecule has 6 aliphatic rings. The first-order chi connectivity index (χ1) is 38.2. The fraction of sp³-hybridized carbons (Fsp3) is 0.639. The zero-order valence-corrected chi connectivity index (χ0v) is 49.9. The molecule has 6 aliphatic heterocycles. The number of allylic oxidation sites excluding steroid dienone is 2. The van der Waals surface area contributed by atoms with Crippen LogP contribution in [0.25, 0.3) is 10.8 Å². The number of amides is 2. The van der Waals surface area contributed by atoms with Crippen LogP contribution < -0.4 is 26.1 Å². The van der Waals surface area contributed by atoms with Gasteiger partial charge in [0.25, 0.3) is 11.7 Å². The van der Waals surface area contributed by atoms with Gasteiger partial charge in [0.15, 0.2) is 11.4 Å². The number of phenolic OH excluding ortho intramolecular Hbond substituents is 2. The van der Waals surface area contributed by atoms with Gasteiger partial charge in [0.05, 0.1) is 40.9 Å². The molecule has 0 radical (unpaired) electrons. The van der Waals surface area contributed by atoms with E-state index in [2.05, 4.69) is 29.4 Å². The number of benzene rings is 2. The van der Waals surface area contributed by atoms with E-state index in [9.17, 15) is 49.2 Å². The van der Waals surface area contributed by atoms with Crippen molar-refractivity contribution in [3.05, 3.63) is 58.0 Å². The number of hydrogen-bond donors (Lipinski definition) is 6. The van der Waals surface area contributed by atoms with Crippen LogP contribution in [0.3, 0.4) is 0 Å². The number of anilines is 1. The maximum absolute atomic E-state index is 14.7. The first-order valence-electron chi connectivity index (χ1n) is 28.7. The quantitative estimate of drug-likeness (QED) is 0.0720. The van der Waals surface area contributed by atoms with Gasteiger partial charge in [-0.15, -0.1) is 0 Å². The van der Waals surface area contributed by atoms with Crippen LogP contribution >= 0.6 is 11.8 Å². The minimum atomic E-state index is -1.96. The molecule has 20 heteroatoms. The lowest BCUT2D eigenvalue weighted by Crippen LogP contribution is -2.46. The number of methoxy groups -OCH3 is 1. The predicted molar refractivity (Wildman–Crippen MR) is 307 cm³/mol. The Hall–Kier alpha value is -5.67. The Morgan fingerprint density at radius 1 is 0.901 bits per heavy atom. The third-order valence-electron chi connectivity index (χ3n) is 17.0. The van der Waals surface area contributed by atoms with E-state index in [0.717, 1.165) is 31.6 Å². The van der Waals surface area contributed by atoms with Crippen LogP contribution in [0.1, 0.15) is 143 Å².